The van der Waals surface area contributed by atoms with Crippen molar-refractivity contribution in [1.82, 2.24) is 15.5 Å². The van der Waals surface area contributed by atoms with Gasteiger partial charge in [0.2, 0.25) is 11.8 Å². The lowest BCUT2D eigenvalue weighted by atomic mass is 9.88. The number of hydrogen-bond acceptors (Lipinski definition) is 3. The van der Waals surface area contributed by atoms with Gasteiger partial charge in [0.1, 0.15) is 6.04 Å². The zero-order valence-corrected chi connectivity index (χ0v) is 15.5. The summed E-state index contributed by atoms with van der Waals surface area (Å²) < 4.78 is 0. The van der Waals surface area contributed by atoms with Crippen molar-refractivity contribution in [3.8, 4) is 0 Å². The molecule has 3 rings (SSSR count). The van der Waals surface area contributed by atoms with Gasteiger partial charge in [-0.3, -0.25) is 14.4 Å². The third-order valence-corrected chi connectivity index (χ3v) is 5.23. The number of rotatable bonds is 5. The summed E-state index contributed by atoms with van der Waals surface area (Å²) in [6.45, 7) is 4.77. The Hall–Kier alpha value is -2.37. The first-order chi connectivity index (χ1) is 12.4. The Bertz CT molecular complexity index is 691. The zero-order chi connectivity index (χ0) is 18.7. The van der Waals surface area contributed by atoms with Crippen molar-refractivity contribution in [2.24, 2.45) is 5.92 Å². The van der Waals surface area contributed by atoms with Crippen LogP contribution in [-0.4, -0.2) is 47.8 Å². The largest absolute Gasteiger partial charge is 0.352 e. The summed E-state index contributed by atoms with van der Waals surface area (Å²) >= 11 is 0. The average molecular weight is 357 g/mol. The van der Waals surface area contributed by atoms with E-state index in [1.54, 1.807) is 17.9 Å². The normalized spacial score (nSPS) is 18.9. The van der Waals surface area contributed by atoms with Crippen LogP contribution < -0.4 is 10.6 Å². The van der Waals surface area contributed by atoms with Gasteiger partial charge < -0.3 is 15.5 Å². The van der Waals surface area contributed by atoms with E-state index in [9.17, 15) is 14.4 Å². The second-order valence-corrected chi connectivity index (χ2v) is 7.45. The van der Waals surface area contributed by atoms with Crippen molar-refractivity contribution in [3.05, 3.63) is 35.4 Å². The Kier molecular flexibility index (Phi) is 5.59. The van der Waals surface area contributed by atoms with E-state index in [1.165, 1.54) is 0 Å². The third-order valence-electron chi connectivity index (χ3n) is 5.23. The lowest BCUT2D eigenvalue weighted by Crippen LogP contribution is -2.54. The van der Waals surface area contributed by atoms with Crippen LogP contribution in [0.1, 0.15) is 48.5 Å². The molecular formula is C20H27N3O3. The minimum Gasteiger partial charge on any atom is -0.352 e. The first-order valence-electron chi connectivity index (χ1n) is 9.37. The molecule has 1 heterocycles. The van der Waals surface area contributed by atoms with Gasteiger partial charge in [-0.15, -0.1) is 0 Å². The highest BCUT2D eigenvalue weighted by Crippen LogP contribution is 2.24. The molecule has 1 aliphatic heterocycles. The van der Waals surface area contributed by atoms with Gasteiger partial charge >= 0.3 is 0 Å². The molecule has 3 amide bonds. The number of hydrogen-bond donors (Lipinski definition) is 2. The summed E-state index contributed by atoms with van der Waals surface area (Å²) in [7, 11) is 0. The molecule has 0 aromatic heterocycles. The third kappa shape index (κ3) is 4.62. The van der Waals surface area contributed by atoms with Gasteiger partial charge in [0.25, 0.3) is 5.91 Å². The first kappa shape index (κ1) is 18.4. The molecule has 2 N–H and O–H groups in total. The highest BCUT2D eigenvalue weighted by Gasteiger charge is 2.35. The number of amides is 3. The lowest BCUT2D eigenvalue weighted by Gasteiger charge is -2.35. The van der Waals surface area contributed by atoms with Gasteiger partial charge in [-0.25, -0.2) is 0 Å². The van der Waals surface area contributed by atoms with Gasteiger partial charge in [-0.05, 0) is 50.7 Å². The van der Waals surface area contributed by atoms with E-state index < -0.39 is 6.04 Å². The Morgan fingerprint density at radius 2 is 1.81 bits per heavy atom. The molecule has 0 bridgehead atoms. The standard InChI is InChI=1S/C20H27N3O3/c1-13-4-3-5-16(12-13)19(25)22-18(20(26)21-17-6-7-17)15-8-10-23(11-9-15)14(2)24/h3-5,12,15,17-18H,6-11H2,1-2H3,(H,21,26)(H,22,25). The molecule has 1 atom stereocenters. The summed E-state index contributed by atoms with van der Waals surface area (Å²) in [5.74, 6) is -0.224. The van der Waals surface area contributed by atoms with Crippen LogP contribution in [0.3, 0.4) is 0 Å². The zero-order valence-electron chi connectivity index (χ0n) is 15.5. The van der Waals surface area contributed by atoms with Gasteiger partial charge in [0, 0.05) is 31.6 Å². The number of nitrogens with zero attached hydrogens (tertiary/aromatic N) is 1. The highest BCUT2D eigenvalue weighted by atomic mass is 16.2. The number of benzene rings is 1. The molecule has 1 saturated carbocycles. The van der Waals surface area contributed by atoms with E-state index in [1.807, 2.05) is 25.1 Å². The first-order valence-corrected chi connectivity index (χ1v) is 9.37. The van der Waals surface area contributed by atoms with E-state index >= 15 is 0 Å². The molecule has 1 aromatic carbocycles. The summed E-state index contributed by atoms with van der Waals surface area (Å²) in [6.07, 6.45) is 3.45. The Balaban J connectivity index is 1.70. The summed E-state index contributed by atoms with van der Waals surface area (Å²) in [6, 6.07) is 7.05. The van der Waals surface area contributed by atoms with Crippen molar-refractivity contribution >= 4 is 17.7 Å². The summed E-state index contributed by atoms with van der Waals surface area (Å²) in [5, 5.41) is 5.97. The van der Waals surface area contributed by atoms with Crippen molar-refractivity contribution < 1.29 is 14.4 Å². The van der Waals surface area contributed by atoms with Crippen molar-refractivity contribution in [1.29, 1.82) is 0 Å². The van der Waals surface area contributed by atoms with Gasteiger partial charge in [-0.1, -0.05) is 17.7 Å². The van der Waals surface area contributed by atoms with E-state index in [0.29, 0.717) is 18.7 Å². The molecule has 0 radical (unpaired) electrons. The molecule has 1 aliphatic carbocycles. The SMILES string of the molecule is CC(=O)N1CCC(C(NC(=O)c2cccc(C)c2)C(=O)NC2CC2)CC1. The summed E-state index contributed by atoms with van der Waals surface area (Å²) in [4.78, 5) is 38.7. The van der Waals surface area contributed by atoms with E-state index in [0.717, 1.165) is 31.2 Å². The van der Waals surface area contributed by atoms with Gasteiger partial charge in [-0.2, -0.15) is 0 Å². The molecule has 0 spiro atoms. The van der Waals surface area contributed by atoms with Crippen molar-refractivity contribution in [2.75, 3.05) is 13.1 Å². The minimum atomic E-state index is -0.558. The van der Waals surface area contributed by atoms with Crippen LogP contribution in [0.2, 0.25) is 0 Å². The maximum Gasteiger partial charge on any atom is 0.251 e. The number of likely N-dealkylation sites (tertiary alicyclic amines) is 1. The Labute approximate surface area is 154 Å². The lowest BCUT2D eigenvalue weighted by molar-refractivity contribution is -0.130. The predicted octanol–water partition coefficient (Wildman–Crippen LogP) is 1.63. The molecule has 6 heteroatoms. The van der Waals surface area contributed by atoms with Crippen LogP contribution in [0.5, 0.6) is 0 Å². The molecule has 1 aromatic rings. The fraction of sp³-hybridized carbons (Fsp3) is 0.550. The number of carbonyl (C=O) groups is 3. The smallest absolute Gasteiger partial charge is 0.251 e. The second kappa shape index (κ2) is 7.89. The Morgan fingerprint density at radius 1 is 1.12 bits per heavy atom. The average Bonchev–Trinajstić information content (AvgIpc) is 3.43. The van der Waals surface area contributed by atoms with E-state index in [2.05, 4.69) is 10.6 Å². The van der Waals surface area contributed by atoms with Gasteiger partial charge in [0.05, 0.1) is 0 Å². The van der Waals surface area contributed by atoms with Crippen LogP contribution in [0.15, 0.2) is 24.3 Å². The van der Waals surface area contributed by atoms with Crippen molar-refractivity contribution in [2.45, 2.75) is 51.6 Å². The maximum absolute atomic E-state index is 12.7. The monoisotopic (exact) mass is 357 g/mol. The van der Waals surface area contributed by atoms with Crippen LogP contribution >= 0.6 is 0 Å². The van der Waals surface area contributed by atoms with Crippen LogP contribution in [0, 0.1) is 12.8 Å². The molecule has 2 fully saturated rings. The quantitative estimate of drug-likeness (QED) is 0.841. The second-order valence-electron chi connectivity index (χ2n) is 7.45. The molecule has 1 saturated heterocycles. The van der Waals surface area contributed by atoms with Crippen LogP contribution in [0.25, 0.3) is 0 Å². The number of piperidine rings is 1. The number of nitrogens with one attached hydrogen (secondary N) is 2. The fourth-order valence-electron chi connectivity index (χ4n) is 3.47. The van der Waals surface area contributed by atoms with E-state index in [4.69, 9.17) is 0 Å². The van der Waals surface area contributed by atoms with E-state index in [-0.39, 0.29) is 29.7 Å². The topological polar surface area (TPSA) is 78.5 Å². The molecule has 6 nitrogen and oxygen atoms in total. The number of carbonyl (C=O) groups excluding carboxylic acids is 3. The molecule has 1 unspecified atom stereocenters. The molecule has 26 heavy (non-hydrogen) atoms. The summed E-state index contributed by atoms with van der Waals surface area (Å²) in [5.41, 5.74) is 1.57. The Morgan fingerprint density at radius 3 is 2.38 bits per heavy atom. The van der Waals surface area contributed by atoms with Gasteiger partial charge in [0.15, 0.2) is 0 Å². The number of aryl methyl sites for hydroxylation is 1. The highest BCUT2D eigenvalue weighted by molar-refractivity contribution is 5.97. The van der Waals surface area contributed by atoms with Crippen LogP contribution in [0.4, 0.5) is 0 Å². The minimum absolute atomic E-state index is 0.0399. The molecular weight excluding hydrogens is 330 g/mol. The van der Waals surface area contributed by atoms with Crippen molar-refractivity contribution in [3.63, 3.8) is 0 Å². The molecule has 2 aliphatic rings. The van der Waals surface area contributed by atoms with Crippen LogP contribution in [-0.2, 0) is 9.59 Å². The fourth-order valence-corrected chi connectivity index (χ4v) is 3.47. The maximum atomic E-state index is 12.7. The molecule has 140 valence electrons. The predicted molar refractivity (Wildman–Crippen MR) is 98.6 cm³/mol.